The van der Waals surface area contributed by atoms with Crippen molar-refractivity contribution >= 4 is 5.97 Å². The summed E-state index contributed by atoms with van der Waals surface area (Å²) in [6.07, 6.45) is 2.35. The van der Waals surface area contributed by atoms with E-state index in [1.807, 2.05) is 12.1 Å². The van der Waals surface area contributed by atoms with Crippen molar-refractivity contribution in [2.45, 2.75) is 37.1 Å². The van der Waals surface area contributed by atoms with Crippen LogP contribution in [0, 0.1) is 0 Å². The third-order valence-corrected chi connectivity index (χ3v) is 4.51. The molecule has 2 aromatic carbocycles. The Kier molecular flexibility index (Phi) is 4.95. The molecule has 132 valence electrons. The number of hydrogen-bond donors (Lipinski definition) is 1. The lowest BCUT2D eigenvalue weighted by atomic mass is 9.90. The Balaban J connectivity index is 2.07. The van der Waals surface area contributed by atoms with Crippen molar-refractivity contribution in [3.05, 3.63) is 60.7 Å². The molecule has 2 aromatic rings. The van der Waals surface area contributed by atoms with E-state index < -0.39 is 17.4 Å². The Morgan fingerprint density at radius 1 is 0.920 bits per heavy atom. The lowest BCUT2D eigenvalue weighted by Gasteiger charge is -2.41. The predicted molar refractivity (Wildman–Crippen MR) is 92.3 cm³/mol. The number of carbonyl (C=O) groups excluding carboxylic acids is 1. The van der Waals surface area contributed by atoms with E-state index >= 15 is 0 Å². The lowest BCUT2D eigenvalue weighted by molar-refractivity contribution is -0.247. The first kappa shape index (κ1) is 17.3. The van der Waals surface area contributed by atoms with Crippen molar-refractivity contribution in [3.63, 3.8) is 0 Å². The van der Waals surface area contributed by atoms with Gasteiger partial charge in [0.2, 0.25) is 0 Å². The molecule has 0 heterocycles. The quantitative estimate of drug-likeness (QED) is 0.644. The third kappa shape index (κ3) is 3.33. The van der Waals surface area contributed by atoms with Crippen LogP contribution in [0.25, 0.3) is 0 Å². The summed E-state index contributed by atoms with van der Waals surface area (Å²) in [5.74, 6) is -1.89. The highest BCUT2D eigenvalue weighted by Gasteiger charge is 2.63. The van der Waals surface area contributed by atoms with Gasteiger partial charge in [-0.05, 0) is 37.1 Å². The van der Waals surface area contributed by atoms with E-state index in [-0.39, 0.29) is 0 Å². The van der Waals surface area contributed by atoms with Crippen LogP contribution in [0.2, 0.25) is 0 Å². The highest BCUT2D eigenvalue weighted by Crippen LogP contribution is 2.43. The van der Waals surface area contributed by atoms with E-state index in [1.165, 1.54) is 7.11 Å². The zero-order valence-corrected chi connectivity index (χ0v) is 14.2. The van der Waals surface area contributed by atoms with Crippen LogP contribution in [0.3, 0.4) is 0 Å². The minimum absolute atomic E-state index is 0.391. The zero-order valence-electron chi connectivity index (χ0n) is 14.2. The topological polar surface area (TPSA) is 65.0 Å². The summed E-state index contributed by atoms with van der Waals surface area (Å²) in [4.78, 5) is 12.8. The van der Waals surface area contributed by atoms with Crippen molar-refractivity contribution in [2.75, 3.05) is 7.11 Å². The van der Waals surface area contributed by atoms with Crippen molar-refractivity contribution in [1.29, 1.82) is 0 Å². The van der Waals surface area contributed by atoms with Gasteiger partial charge in [0.1, 0.15) is 11.5 Å². The van der Waals surface area contributed by atoms with Crippen molar-refractivity contribution < 1.29 is 24.1 Å². The second-order valence-electron chi connectivity index (χ2n) is 6.18. The minimum atomic E-state index is -1.97. The molecule has 25 heavy (non-hydrogen) atoms. The summed E-state index contributed by atoms with van der Waals surface area (Å²) in [6, 6.07) is 17.7. The molecule has 0 bridgehead atoms. The smallest absolute Gasteiger partial charge is 0.395 e. The summed E-state index contributed by atoms with van der Waals surface area (Å²) in [7, 11) is 1.26. The summed E-state index contributed by atoms with van der Waals surface area (Å²) in [5, 5.41) is 11.3. The zero-order chi connectivity index (χ0) is 17.8. The number of ether oxygens (including phenoxy) is 3. The fraction of sp³-hybridized carbons (Fsp3) is 0.350. The monoisotopic (exact) mass is 342 g/mol. The molecule has 0 atom stereocenters. The summed E-state index contributed by atoms with van der Waals surface area (Å²) >= 11 is 0. The Morgan fingerprint density at radius 2 is 1.36 bits per heavy atom. The molecule has 5 nitrogen and oxygen atoms in total. The second-order valence-corrected chi connectivity index (χ2v) is 6.18. The van der Waals surface area contributed by atoms with Gasteiger partial charge in [-0.25, -0.2) is 4.79 Å². The maximum atomic E-state index is 12.8. The van der Waals surface area contributed by atoms with E-state index in [9.17, 15) is 9.90 Å². The molecule has 0 unspecified atom stereocenters. The third-order valence-electron chi connectivity index (χ3n) is 4.51. The average molecular weight is 342 g/mol. The normalized spacial score (nSPS) is 16.2. The maximum absolute atomic E-state index is 12.8. The van der Waals surface area contributed by atoms with Crippen molar-refractivity contribution in [2.24, 2.45) is 0 Å². The van der Waals surface area contributed by atoms with Crippen LogP contribution >= 0.6 is 0 Å². The van der Waals surface area contributed by atoms with Crippen molar-refractivity contribution in [3.8, 4) is 11.5 Å². The highest BCUT2D eigenvalue weighted by molar-refractivity contribution is 5.80. The van der Waals surface area contributed by atoms with Crippen LogP contribution in [0.1, 0.15) is 25.7 Å². The highest BCUT2D eigenvalue weighted by atomic mass is 16.7. The SMILES string of the molecule is COC(=O)C(Oc1ccccc1)(Oc1ccccc1)C1(O)CCCC1. The minimum Gasteiger partial charge on any atom is -0.463 e. The van der Waals surface area contributed by atoms with E-state index in [2.05, 4.69) is 0 Å². The van der Waals surface area contributed by atoms with Crippen LogP contribution < -0.4 is 9.47 Å². The Labute approximate surface area is 147 Å². The van der Waals surface area contributed by atoms with Gasteiger partial charge in [0.25, 0.3) is 0 Å². The summed E-state index contributed by atoms with van der Waals surface area (Å²) in [6.45, 7) is 0. The number of rotatable bonds is 6. The molecule has 1 fully saturated rings. The van der Waals surface area contributed by atoms with Gasteiger partial charge < -0.3 is 19.3 Å². The Hall–Kier alpha value is -2.53. The van der Waals surface area contributed by atoms with Crippen LogP contribution in [-0.2, 0) is 9.53 Å². The Morgan fingerprint density at radius 3 is 1.76 bits per heavy atom. The summed E-state index contributed by atoms with van der Waals surface area (Å²) in [5.41, 5.74) is -1.48. The fourth-order valence-electron chi connectivity index (χ4n) is 3.22. The molecule has 1 saturated carbocycles. The molecule has 0 amide bonds. The lowest BCUT2D eigenvalue weighted by Crippen LogP contribution is -2.66. The molecule has 1 aliphatic carbocycles. The van der Waals surface area contributed by atoms with Gasteiger partial charge in [0.15, 0.2) is 5.60 Å². The number of carbonyl (C=O) groups is 1. The number of benzene rings is 2. The number of hydrogen-bond acceptors (Lipinski definition) is 5. The van der Waals surface area contributed by atoms with Crippen molar-refractivity contribution in [1.82, 2.24) is 0 Å². The Bertz CT molecular complexity index is 651. The van der Waals surface area contributed by atoms with E-state index in [1.54, 1.807) is 48.5 Å². The van der Waals surface area contributed by atoms with Crippen LogP contribution in [0.15, 0.2) is 60.7 Å². The largest absolute Gasteiger partial charge is 0.463 e. The number of para-hydroxylation sites is 2. The van der Waals surface area contributed by atoms with Gasteiger partial charge in [-0.1, -0.05) is 49.2 Å². The number of methoxy groups -OCH3 is 1. The van der Waals surface area contributed by atoms with Crippen LogP contribution in [0.5, 0.6) is 11.5 Å². The van der Waals surface area contributed by atoms with Gasteiger partial charge >= 0.3 is 11.8 Å². The molecule has 0 radical (unpaired) electrons. The average Bonchev–Trinajstić information content (AvgIpc) is 3.10. The molecule has 0 saturated heterocycles. The second kappa shape index (κ2) is 7.15. The number of aliphatic hydroxyl groups is 1. The van der Waals surface area contributed by atoms with Crippen LogP contribution in [-0.4, -0.2) is 29.6 Å². The van der Waals surface area contributed by atoms with E-state index in [4.69, 9.17) is 14.2 Å². The molecule has 1 N–H and O–H groups in total. The predicted octanol–water partition coefficient (Wildman–Crippen LogP) is 3.32. The first-order valence-corrected chi connectivity index (χ1v) is 8.39. The van der Waals surface area contributed by atoms with Crippen LogP contribution in [0.4, 0.5) is 0 Å². The molecule has 5 heteroatoms. The number of esters is 1. The molecule has 0 aliphatic heterocycles. The first-order valence-electron chi connectivity index (χ1n) is 8.39. The standard InChI is InChI=1S/C20H22O5/c1-23-18(21)20(19(22)14-8-9-15-19,24-16-10-4-2-5-11-16)25-17-12-6-3-7-13-17/h2-7,10-13,22H,8-9,14-15H2,1H3. The fourth-order valence-corrected chi connectivity index (χ4v) is 3.22. The van der Waals surface area contributed by atoms with Gasteiger partial charge in [-0.3, -0.25) is 0 Å². The molecular weight excluding hydrogens is 320 g/mol. The maximum Gasteiger partial charge on any atom is 0.395 e. The molecule has 1 aliphatic rings. The van der Waals surface area contributed by atoms with E-state index in [0.29, 0.717) is 24.3 Å². The van der Waals surface area contributed by atoms with Gasteiger partial charge in [-0.15, -0.1) is 0 Å². The molecule has 0 spiro atoms. The molecule has 0 aromatic heterocycles. The van der Waals surface area contributed by atoms with E-state index in [0.717, 1.165) is 12.8 Å². The molecular formula is C20H22O5. The first-order chi connectivity index (χ1) is 12.1. The molecule has 3 rings (SSSR count). The van der Waals surface area contributed by atoms with Gasteiger partial charge in [0.05, 0.1) is 7.11 Å². The van der Waals surface area contributed by atoms with Gasteiger partial charge in [0, 0.05) is 0 Å². The summed E-state index contributed by atoms with van der Waals surface area (Å²) < 4.78 is 17.0. The van der Waals surface area contributed by atoms with Gasteiger partial charge in [-0.2, -0.15) is 0 Å².